The molecule has 4 nitrogen and oxygen atoms in total. The molecule has 3 rings (SSSR count). The number of ether oxygens (including phenoxy) is 2. The van der Waals surface area contributed by atoms with E-state index in [4.69, 9.17) is 26.9 Å². The van der Waals surface area contributed by atoms with Crippen molar-refractivity contribution in [2.45, 2.75) is 30.9 Å². The van der Waals surface area contributed by atoms with E-state index in [0.29, 0.717) is 12.5 Å². The maximum absolute atomic E-state index is 6.14. The van der Waals surface area contributed by atoms with E-state index >= 15 is 0 Å². The third-order valence-corrected chi connectivity index (χ3v) is 5.50. The highest BCUT2D eigenvalue weighted by atomic mass is 79.9. The van der Waals surface area contributed by atoms with Gasteiger partial charge in [-0.15, -0.1) is 0 Å². The zero-order chi connectivity index (χ0) is 14.9. The van der Waals surface area contributed by atoms with Crippen LogP contribution in [-0.4, -0.2) is 25.4 Å². The normalized spacial score (nSPS) is 30.7. The molecule has 2 fully saturated rings. The molecule has 2 heterocycles. The first-order valence-corrected chi connectivity index (χ1v) is 8.43. The number of benzene rings is 1. The van der Waals surface area contributed by atoms with Gasteiger partial charge in [0.05, 0.1) is 18.2 Å². The average molecular weight is 376 g/mol. The predicted octanol–water partition coefficient (Wildman–Crippen LogP) is 3.19. The van der Waals surface area contributed by atoms with Crippen molar-refractivity contribution in [3.8, 4) is 0 Å². The third-order valence-electron chi connectivity index (χ3n) is 4.54. The molecule has 1 aromatic rings. The molecule has 1 spiro atoms. The lowest BCUT2D eigenvalue weighted by molar-refractivity contribution is -0.103. The van der Waals surface area contributed by atoms with Crippen LogP contribution < -0.4 is 11.3 Å². The second-order valence-corrected chi connectivity index (χ2v) is 7.19. The molecule has 0 radical (unpaired) electrons. The Morgan fingerprint density at radius 1 is 1.43 bits per heavy atom. The highest BCUT2D eigenvalue weighted by Crippen LogP contribution is 2.42. The molecule has 3 atom stereocenters. The molecule has 0 aliphatic carbocycles. The zero-order valence-electron chi connectivity index (χ0n) is 11.8. The standard InChI is InChI=1S/C15H20BrClN2O2/c16-13-2-1-11(17)7-12(13)14(19-18)10-3-5-21-15(8-10)4-6-20-9-15/h1-2,7,10,14,19H,3-6,8-9,18H2. The van der Waals surface area contributed by atoms with Crippen molar-refractivity contribution in [1.29, 1.82) is 0 Å². The summed E-state index contributed by atoms with van der Waals surface area (Å²) in [5.41, 5.74) is 3.96. The van der Waals surface area contributed by atoms with Crippen LogP contribution in [0.25, 0.3) is 0 Å². The smallest absolute Gasteiger partial charge is 0.0940 e. The minimum absolute atomic E-state index is 0.0550. The molecule has 2 saturated heterocycles. The maximum atomic E-state index is 6.14. The summed E-state index contributed by atoms with van der Waals surface area (Å²) < 4.78 is 12.6. The lowest BCUT2D eigenvalue weighted by Gasteiger charge is -2.40. The fourth-order valence-electron chi connectivity index (χ4n) is 3.45. The minimum atomic E-state index is -0.122. The summed E-state index contributed by atoms with van der Waals surface area (Å²) >= 11 is 9.75. The van der Waals surface area contributed by atoms with Crippen LogP contribution >= 0.6 is 27.5 Å². The van der Waals surface area contributed by atoms with Gasteiger partial charge in [0.1, 0.15) is 0 Å². The fourth-order valence-corrected chi connectivity index (χ4v) is 4.12. The third kappa shape index (κ3) is 3.28. The summed E-state index contributed by atoms with van der Waals surface area (Å²) in [5, 5.41) is 0.722. The van der Waals surface area contributed by atoms with Gasteiger partial charge in [0, 0.05) is 29.1 Å². The van der Waals surface area contributed by atoms with Gasteiger partial charge in [-0.3, -0.25) is 11.3 Å². The SMILES string of the molecule is NNC(c1cc(Cl)ccc1Br)C1CCOC2(CCOC2)C1. The lowest BCUT2D eigenvalue weighted by Crippen LogP contribution is -2.45. The molecular formula is C15H20BrClN2O2. The number of hydrogen-bond acceptors (Lipinski definition) is 4. The number of nitrogens with one attached hydrogen (secondary N) is 1. The van der Waals surface area contributed by atoms with Crippen molar-refractivity contribution in [3.63, 3.8) is 0 Å². The molecule has 3 N–H and O–H groups in total. The second kappa shape index (κ2) is 6.52. The van der Waals surface area contributed by atoms with Crippen molar-refractivity contribution in [1.82, 2.24) is 5.43 Å². The Hall–Kier alpha value is -0.170. The van der Waals surface area contributed by atoms with Gasteiger partial charge < -0.3 is 9.47 Å². The van der Waals surface area contributed by atoms with Gasteiger partial charge in [-0.1, -0.05) is 27.5 Å². The molecule has 0 saturated carbocycles. The van der Waals surface area contributed by atoms with Crippen molar-refractivity contribution in [2.75, 3.05) is 19.8 Å². The molecule has 2 aliphatic rings. The van der Waals surface area contributed by atoms with Gasteiger partial charge in [-0.05, 0) is 42.5 Å². The van der Waals surface area contributed by atoms with E-state index in [9.17, 15) is 0 Å². The van der Waals surface area contributed by atoms with E-state index in [2.05, 4.69) is 21.4 Å². The van der Waals surface area contributed by atoms with Crippen LogP contribution in [0, 0.1) is 5.92 Å². The highest BCUT2D eigenvalue weighted by molar-refractivity contribution is 9.10. The Balaban J connectivity index is 1.84. The molecule has 0 aromatic heterocycles. The molecule has 1 aromatic carbocycles. The van der Waals surface area contributed by atoms with Crippen LogP contribution in [0.1, 0.15) is 30.9 Å². The van der Waals surface area contributed by atoms with E-state index in [1.165, 1.54) is 0 Å². The van der Waals surface area contributed by atoms with Crippen molar-refractivity contribution >= 4 is 27.5 Å². The zero-order valence-corrected chi connectivity index (χ0v) is 14.1. The summed E-state index contributed by atoms with van der Waals surface area (Å²) in [6.07, 6.45) is 2.91. The van der Waals surface area contributed by atoms with Gasteiger partial charge >= 0.3 is 0 Å². The number of halogens is 2. The molecule has 21 heavy (non-hydrogen) atoms. The number of hydrazine groups is 1. The summed E-state index contributed by atoms with van der Waals surface area (Å²) in [4.78, 5) is 0. The van der Waals surface area contributed by atoms with Gasteiger partial charge in [0.15, 0.2) is 0 Å². The van der Waals surface area contributed by atoms with Gasteiger partial charge in [-0.25, -0.2) is 0 Å². The van der Waals surface area contributed by atoms with Crippen molar-refractivity contribution in [2.24, 2.45) is 11.8 Å². The van der Waals surface area contributed by atoms with Crippen LogP contribution in [0.3, 0.4) is 0 Å². The van der Waals surface area contributed by atoms with Gasteiger partial charge in [0.25, 0.3) is 0 Å². The van der Waals surface area contributed by atoms with E-state index in [-0.39, 0.29) is 11.6 Å². The second-order valence-electron chi connectivity index (χ2n) is 5.90. The van der Waals surface area contributed by atoms with Crippen molar-refractivity contribution in [3.05, 3.63) is 33.3 Å². The molecule has 3 unspecified atom stereocenters. The molecular weight excluding hydrogens is 356 g/mol. The number of nitrogens with two attached hydrogens (primary N) is 1. The lowest BCUT2D eigenvalue weighted by atomic mass is 9.79. The van der Waals surface area contributed by atoms with Crippen LogP contribution in [0.15, 0.2) is 22.7 Å². The van der Waals surface area contributed by atoms with E-state index in [1.807, 2.05) is 18.2 Å². The Morgan fingerprint density at radius 3 is 3.00 bits per heavy atom. The highest BCUT2D eigenvalue weighted by Gasteiger charge is 2.43. The Morgan fingerprint density at radius 2 is 2.29 bits per heavy atom. The largest absolute Gasteiger partial charge is 0.378 e. The van der Waals surface area contributed by atoms with Crippen LogP contribution in [0.2, 0.25) is 5.02 Å². The first-order chi connectivity index (χ1) is 10.1. The monoisotopic (exact) mass is 374 g/mol. The number of hydrogen-bond donors (Lipinski definition) is 2. The van der Waals surface area contributed by atoms with Gasteiger partial charge in [0.2, 0.25) is 0 Å². The van der Waals surface area contributed by atoms with Gasteiger partial charge in [-0.2, -0.15) is 0 Å². The molecule has 0 bridgehead atoms. The Kier molecular flexibility index (Phi) is 4.88. The van der Waals surface area contributed by atoms with E-state index in [0.717, 1.165) is 47.5 Å². The minimum Gasteiger partial charge on any atom is -0.378 e. The maximum Gasteiger partial charge on any atom is 0.0940 e. The van der Waals surface area contributed by atoms with E-state index < -0.39 is 0 Å². The summed E-state index contributed by atoms with van der Waals surface area (Å²) in [7, 11) is 0. The molecule has 116 valence electrons. The van der Waals surface area contributed by atoms with Crippen LogP contribution in [-0.2, 0) is 9.47 Å². The van der Waals surface area contributed by atoms with Crippen LogP contribution in [0.4, 0.5) is 0 Å². The predicted molar refractivity (Wildman–Crippen MR) is 86.1 cm³/mol. The quantitative estimate of drug-likeness (QED) is 0.629. The van der Waals surface area contributed by atoms with E-state index in [1.54, 1.807) is 0 Å². The summed E-state index contributed by atoms with van der Waals surface area (Å²) in [6, 6.07) is 5.87. The Bertz CT molecular complexity index is 508. The molecule has 0 amide bonds. The first-order valence-electron chi connectivity index (χ1n) is 7.26. The van der Waals surface area contributed by atoms with Crippen LogP contribution in [0.5, 0.6) is 0 Å². The fraction of sp³-hybridized carbons (Fsp3) is 0.600. The topological polar surface area (TPSA) is 56.5 Å². The molecule has 2 aliphatic heterocycles. The molecule has 6 heteroatoms. The Labute approximate surface area is 138 Å². The first kappa shape index (κ1) is 15.7. The summed E-state index contributed by atoms with van der Waals surface area (Å²) in [6.45, 7) is 2.23. The number of rotatable bonds is 3. The average Bonchev–Trinajstić information content (AvgIpc) is 2.91. The summed E-state index contributed by atoms with van der Waals surface area (Å²) in [5.74, 6) is 6.26. The van der Waals surface area contributed by atoms with Crippen molar-refractivity contribution < 1.29 is 9.47 Å².